The first-order valence-corrected chi connectivity index (χ1v) is 20.5. The normalized spacial score (nSPS) is 17.4. The first-order valence-electron chi connectivity index (χ1n) is 19.6. The Kier molecular flexibility index (Phi) is 8.19. The fourth-order valence-corrected chi connectivity index (χ4v) is 9.84. The van der Waals surface area contributed by atoms with Crippen LogP contribution in [0, 0.1) is 0 Å². The highest BCUT2D eigenvalue weighted by Gasteiger charge is 2.43. The summed E-state index contributed by atoms with van der Waals surface area (Å²) in [7, 11) is 0. The number of nitrogens with zero attached hydrogens (tertiary/aromatic N) is 5. The van der Waals surface area contributed by atoms with Crippen molar-refractivity contribution in [3.63, 3.8) is 0 Å². The third kappa shape index (κ3) is 5.67. The van der Waals surface area contributed by atoms with Crippen molar-refractivity contribution in [2.45, 2.75) is 28.2 Å². The third-order valence-corrected chi connectivity index (χ3v) is 12.7. The van der Waals surface area contributed by atoms with Crippen LogP contribution in [0.5, 0.6) is 0 Å². The molecule has 0 bridgehead atoms. The van der Waals surface area contributed by atoms with Crippen molar-refractivity contribution in [3.05, 3.63) is 206 Å². The van der Waals surface area contributed by atoms with Crippen molar-refractivity contribution in [2.24, 2.45) is 0 Å². The molecule has 3 aliphatic rings. The molecule has 0 saturated heterocycles. The zero-order valence-corrected chi connectivity index (χ0v) is 32.6. The maximum Gasteiger partial charge on any atom is 0.164 e. The fraction of sp³-hybridized carbons (Fsp3) is 0.0577. The zero-order valence-electron chi connectivity index (χ0n) is 31.8. The summed E-state index contributed by atoms with van der Waals surface area (Å²) < 4.78 is 0. The van der Waals surface area contributed by atoms with Crippen LogP contribution in [-0.4, -0.2) is 21.0 Å². The molecule has 0 amide bonds. The van der Waals surface area contributed by atoms with Gasteiger partial charge in [-0.05, 0) is 78.7 Å². The molecule has 0 N–H and O–H groups in total. The smallest absolute Gasteiger partial charge is 0.164 e. The molecule has 2 atom stereocenters. The van der Waals surface area contributed by atoms with Crippen LogP contribution in [0.3, 0.4) is 0 Å². The second-order valence-electron chi connectivity index (χ2n) is 15.0. The fourth-order valence-electron chi connectivity index (χ4n) is 8.75. The molecule has 0 spiro atoms. The highest BCUT2D eigenvalue weighted by Crippen LogP contribution is 2.55. The average Bonchev–Trinajstić information content (AvgIpc) is 3.39. The Morgan fingerprint density at radius 2 is 1.03 bits per heavy atom. The summed E-state index contributed by atoms with van der Waals surface area (Å²) in [6, 6.07) is 62.4. The summed E-state index contributed by atoms with van der Waals surface area (Å²) in [6.45, 7) is 2.38. The van der Waals surface area contributed by atoms with Gasteiger partial charge >= 0.3 is 0 Å². The van der Waals surface area contributed by atoms with Crippen molar-refractivity contribution in [1.29, 1.82) is 0 Å². The molecule has 0 radical (unpaired) electrons. The number of hydrogen-bond acceptors (Lipinski definition) is 6. The van der Waals surface area contributed by atoms with Crippen LogP contribution in [-0.2, 0) is 5.41 Å². The van der Waals surface area contributed by atoms with Gasteiger partial charge in [0, 0.05) is 54.5 Å². The van der Waals surface area contributed by atoms with Gasteiger partial charge < -0.3 is 9.80 Å². The molecule has 7 aromatic carbocycles. The third-order valence-electron chi connectivity index (χ3n) is 11.6. The summed E-state index contributed by atoms with van der Waals surface area (Å²) in [5.41, 5.74) is 12.2. The molecule has 1 aromatic heterocycles. The standard InChI is InChI=1S/C52H37N5S/c1-52-33-15-14-26-48(52)57(43-23-11-9-21-41(43)40-20-8-10-22-42(40)52)39-31-32-45-47(34-39)58-46-25-13-12-24-44(46)56(45)38-29-27-37(28-30-38)51-54-49(35-16-4-2-5-17-35)53-50(55-51)36-18-6-3-7-19-36/h2-34,48H,1H3. The van der Waals surface area contributed by atoms with Crippen LogP contribution < -0.4 is 9.80 Å². The molecule has 5 nitrogen and oxygen atoms in total. The first kappa shape index (κ1) is 34.2. The highest BCUT2D eigenvalue weighted by molar-refractivity contribution is 7.99. The Morgan fingerprint density at radius 1 is 0.483 bits per heavy atom. The Hall–Kier alpha value is -7.02. The largest absolute Gasteiger partial charge is 0.333 e. The maximum atomic E-state index is 4.98. The summed E-state index contributed by atoms with van der Waals surface area (Å²) in [4.78, 5) is 22.2. The number of para-hydroxylation sites is 2. The Balaban J connectivity index is 1.01. The lowest BCUT2D eigenvalue weighted by atomic mass is 9.71. The number of aromatic nitrogens is 3. The minimum Gasteiger partial charge on any atom is -0.333 e. The highest BCUT2D eigenvalue weighted by atomic mass is 32.2. The van der Waals surface area contributed by atoms with E-state index in [1.807, 2.05) is 72.4 Å². The molecule has 276 valence electrons. The second kappa shape index (κ2) is 13.9. The SMILES string of the molecule is CC12C=CC=CC1N(c1ccc3c(c1)Sc1ccccc1N3c1ccc(-c3nc(-c4ccccc4)nc(-c4ccccc4)n3)cc1)c1ccccc1-c1ccccc12. The molecule has 2 aliphatic heterocycles. The predicted octanol–water partition coefficient (Wildman–Crippen LogP) is 13.4. The molecule has 1 aliphatic carbocycles. The van der Waals surface area contributed by atoms with E-state index in [0.29, 0.717) is 17.5 Å². The molecule has 58 heavy (non-hydrogen) atoms. The number of allylic oxidation sites excluding steroid dienone is 2. The number of hydrogen-bond donors (Lipinski definition) is 0. The Bertz CT molecular complexity index is 2850. The van der Waals surface area contributed by atoms with Crippen molar-refractivity contribution in [2.75, 3.05) is 9.80 Å². The van der Waals surface area contributed by atoms with Crippen LogP contribution in [0.25, 0.3) is 45.3 Å². The van der Waals surface area contributed by atoms with Crippen LogP contribution in [0.2, 0.25) is 0 Å². The molecule has 3 heterocycles. The molecule has 6 heteroatoms. The Labute approximate surface area is 342 Å². The molecule has 8 aromatic rings. The van der Waals surface area contributed by atoms with Gasteiger partial charge in [0.15, 0.2) is 17.5 Å². The quantitative estimate of drug-likeness (QED) is 0.174. The minimum atomic E-state index is -0.240. The molecule has 2 unspecified atom stereocenters. The van der Waals surface area contributed by atoms with E-state index in [4.69, 9.17) is 15.0 Å². The summed E-state index contributed by atoms with van der Waals surface area (Å²) in [5.74, 6) is 1.94. The van der Waals surface area contributed by atoms with Gasteiger partial charge in [-0.3, -0.25) is 0 Å². The van der Waals surface area contributed by atoms with E-state index in [1.54, 1.807) is 0 Å². The van der Waals surface area contributed by atoms with E-state index in [9.17, 15) is 0 Å². The van der Waals surface area contributed by atoms with E-state index < -0.39 is 0 Å². The monoisotopic (exact) mass is 763 g/mol. The summed E-state index contributed by atoms with van der Waals surface area (Å²) >= 11 is 1.83. The van der Waals surface area contributed by atoms with Gasteiger partial charge in [-0.1, -0.05) is 151 Å². The number of fused-ring (bicyclic) bond motifs is 7. The van der Waals surface area contributed by atoms with Crippen LogP contribution in [0.4, 0.5) is 28.4 Å². The maximum absolute atomic E-state index is 4.98. The molecular formula is C52H37N5S. The number of anilines is 5. The van der Waals surface area contributed by atoms with Crippen LogP contribution in [0.1, 0.15) is 12.5 Å². The first-order chi connectivity index (χ1) is 28.6. The summed E-state index contributed by atoms with van der Waals surface area (Å²) in [5, 5.41) is 0. The van der Waals surface area contributed by atoms with Gasteiger partial charge in [-0.15, -0.1) is 0 Å². The van der Waals surface area contributed by atoms with Gasteiger partial charge in [0.1, 0.15) is 0 Å². The van der Waals surface area contributed by atoms with Crippen molar-refractivity contribution in [3.8, 4) is 45.3 Å². The predicted molar refractivity (Wildman–Crippen MR) is 238 cm³/mol. The molecule has 0 fully saturated rings. The van der Waals surface area contributed by atoms with E-state index in [2.05, 4.69) is 156 Å². The lowest BCUT2D eigenvalue weighted by Gasteiger charge is -2.43. The van der Waals surface area contributed by atoms with Gasteiger partial charge in [-0.2, -0.15) is 0 Å². The molecule has 0 saturated carbocycles. The lowest BCUT2D eigenvalue weighted by molar-refractivity contribution is 0.516. The lowest BCUT2D eigenvalue weighted by Crippen LogP contribution is -2.45. The average molecular weight is 764 g/mol. The number of rotatable bonds is 5. The van der Waals surface area contributed by atoms with Crippen molar-refractivity contribution < 1.29 is 0 Å². The zero-order chi connectivity index (χ0) is 38.6. The van der Waals surface area contributed by atoms with Gasteiger partial charge in [-0.25, -0.2) is 15.0 Å². The van der Waals surface area contributed by atoms with Gasteiger partial charge in [0.25, 0.3) is 0 Å². The summed E-state index contributed by atoms with van der Waals surface area (Å²) in [6.07, 6.45) is 9.15. The van der Waals surface area contributed by atoms with E-state index in [1.165, 1.54) is 32.2 Å². The van der Waals surface area contributed by atoms with E-state index in [0.717, 1.165) is 39.4 Å². The van der Waals surface area contributed by atoms with E-state index >= 15 is 0 Å². The van der Waals surface area contributed by atoms with Crippen LogP contribution >= 0.6 is 11.8 Å². The van der Waals surface area contributed by atoms with E-state index in [-0.39, 0.29) is 11.5 Å². The van der Waals surface area contributed by atoms with Crippen molar-refractivity contribution >= 4 is 40.2 Å². The number of benzene rings is 7. The molecule has 11 rings (SSSR count). The molecular weight excluding hydrogens is 727 g/mol. The minimum absolute atomic E-state index is 0.0742. The second-order valence-corrected chi connectivity index (χ2v) is 16.1. The van der Waals surface area contributed by atoms with Crippen LogP contribution in [0.15, 0.2) is 210 Å². The Morgan fingerprint density at radius 3 is 1.74 bits per heavy atom. The topological polar surface area (TPSA) is 45.2 Å². The van der Waals surface area contributed by atoms with Gasteiger partial charge in [0.05, 0.1) is 17.4 Å². The van der Waals surface area contributed by atoms with Gasteiger partial charge in [0.2, 0.25) is 0 Å². The van der Waals surface area contributed by atoms with Crippen molar-refractivity contribution in [1.82, 2.24) is 15.0 Å².